The SMILES string of the molecule is CC(C)(O)C(C)(C)OB(O)c1cc2cccc(Cl)c2[nH]1. The van der Waals surface area contributed by atoms with E-state index in [4.69, 9.17) is 16.3 Å². The van der Waals surface area contributed by atoms with Gasteiger partial charge in [-0.3, -0.25) is 0 Å². The maximum atomic E-state index is 10.2. The van der Waals surface area contributed by atoms with Crippen LogP contribution in [-0.2, 0) is 4.65 Å². The highest BCUT2D eigenvalue weighted by atomic mass is 35.5. The molecule has 108 valence electrons. The highest BCUT2D eigenvalue weighted by Crippen LogP contribution is 2.26. The highest BCUT2D eigenvalue weighted by molar-refractivity contribution is 6.59. The average molecular weight is 296 g/mol. The van der Waals surface area contributed by atoms with Gasteiger partial charge in [-0.05, 0) is 39.8 Å². The van der Waals surface area contributed by atoms with Crippen molar-refractivity contribution in [3.05, 3.63) is 29.3 Å². The van der Waals surface area contributed by atoms with Crippen LogP contribution in [0.4, 0.5) is 0 Å². The molecule has 6 heteroatoms. The zero-order valence-electron chi connectivity index (χ0n) is 12.1. The summed E-state index contributed by atoms with van der Waals surface area (Å²) in [5.74, 6) is 0. The fraction of sp³-hybridized carbons (Fsp3) is 0.429. The number of benzene rings is 1. The summed E-state index contributed by atoms with van der Waals surface area (Å²) in [5, 5.41) is 21.7. The lowest BCUT2D eigenvalue weighted by molar-refractivity contribution is -0.0983. The summed E-state index contributed by atoms with van der Waals surface area (Å²) in [7, 11) is -1.17. The summed E-state index contributed by atoms with van der Waals surface area (Å²) >= 11 is 6.09. The van der Waals surface area contributed by atoms with Gasteiger partial charge in [0.1, 0.15) is 0 Å². The lowest BCUT2D eigenvalue weighted by atomic mass is 9.80. The van der Waals surface area contributed by atoms with Crippen LogP contribution in [0.25, 0.3) is 10.9 Å². The third-order valence-corrected chi connectivity index (χ3v) is 4.09. The molecule has 0 fully saturated rings. The normalized spacial score (nSPS) is 12.9. The monoisotopic (exact) mass is 295 g/mol. The summed E-state index contributed by atoms with van der Waals surface area (Å²) in [6.07, 6.45) is 0. The van der Waals surface area contributed by atoms with E-state index in [1.54, 1.807) is 39.8 Å². The number of aliphatic hydroxyl groups is 1. The molecule has 1 aromatic heterocycles. The minimum atomic E-state index is -1.17. The molecule has 0 saturated carbocycles. The van der Waals surface area contributed by atoms with Crippen LogP contribution in [0.2, 0.25) is 5.02 Å². The van der Waals surface area contributed by atoms with E-state index in [0.29, 0.717) is 10.6 Å². The Balaban J connectivity index is 2.28. The van der Waals surface area contributed by atoms with Crippen LogP contribution >= 0.6 is 11.6 Å². The van der Waals surface area contributed by atoms with Crippen LogP contribution in [0, 0.1) is 0 Å². The molecular formula is C14H19BClNO3. The number of aromatic nitrogens is 1. The van der Waals surface area contributed by atoms with E-state index in [1.807, 2.05) is 12.1 Å². The molecule has 1 aromatic carbocycles. The number of hydrogen-bond acceptors (Lipinski definition) is 3. The first-order valence-corrected chi connectivity index (χ1v) is 6.85. The van der Waals surface area contributed by atoms with Crippen molar-refractivity contribution in [1.82, 2.24) is 4.98 Å². The summed E-state index contributed by atoms with van der Waals surface area (Å²) in [4.78, 5) is 3.05. The topological polar surface area (TPSA) is 65.5 Å². The summed E-state index contributed by atoms with van der Waals surface area (Å²) in [6.45, 7) is 6.74. The van der Waals surface area contributed by atoms with Crippen LogP contribution in [0.3, 0.4) is 0 Å². The van der Waals surface area contributed by atoms with Crippen molar-refractivity contribution < 1.29 is 14.8 Å². The molecule has 2 aromatic rings. The van der Waals surface area contributed by atoms with Crippen LogP contribution in [-0.4, -0.2) is 33.4 Å². The Kier molecular flexibility index (Phi) is 3.91. The quantitative estimate of drug-likeness (QED) is 0.757. The van der Waals surface area contributed by atoms with Gasteiger partial charge >= 0.3 is 7.12 Å². The number of fused-ring (bicyclic) bond motifs is 1. The van der Waals surface area contributed by atoms with Crippen molar-refractivity contribution in [2.75, 3.05) is 0 Å². The molecule has 0 saturated heterocycles. The van der Waals surface area contributed by atoms with Crippen molar-refractivity contribution in [2.24, 2.45) is 0 Å². The van der Waals surface area contributed by atoms with Crippen LogP contribution in [0.15, 0.2) is 24.3 Å². The molecule has 0 unspecified atom stereocenters. The number of nitrogens with one attached hydrogen (secondary N) is 1. The molecule has 0 bridgehead atoms. The average Bonchev–Trinajstić information content (AvgIpc) is 2.72. The van der Waals surface area contributed by atoms with Gasteiger partial charge < -0.3 is 19.8 Å². The molecule has 0 aliphatic heterocycles. The molecule has 0 radical (unpaired) electrons. The van der Waals surface area contributed by atoms with Crippen LogP contribution in [0.5, 0.6) is 0 Å². The lowest BCUT2D eigenvalue weighted by Crippen LogP contribution is -2.53. The molecule has 4 nitrogen and oxygen atoms in total. The Bertz CT molecular complexity index is 618. The second kappa shape index (κ2) is 5.08. The number of para-hydroxylation sites is 1. The number of rotatable bonds is 4. The number of aromatic amines is 1. The van der Waals surface area contributed by atoms with Gasteiger partial charge in [0.2, 0.25) is 0 Å². The fourth-order valence-electron chi connectivity index (χ4n) is 1.76. The summed E-state index contributed by atoms with van der Waals surface area (Å²) in [5.41, 5.74) is -0.733. The zero-order valence-corrected chi connectivity index (χ0v) is 12.8. The summed E-state index contributed by atoms with van der Waals surface area (Å²) in [6, 6.07) is 7.30. The number of hydrogen-bond donors (Lipinski definition) is 3. The Morgan fingerprint density at radius 1 is 1.25 bits per heavy atom. The maximum Gasteiger partial charge on any atom is 0.508 e. The molecule has 3 N–H and O–H groups in total. The third-order valence-electron chi connectivity index (χ3n) is 3.77. The van der Waals surface area contributed by atoms with Gasteiger partial charge in [0.05, 0.1) is 21.7 Å². The minimum Gasteiger partial charge on any atom is -0.422 e. The minimum absolute atomic E-state index is 0.505. The molecule has 0 spiro atoms. The molecule has 20 heavy (non-hydrogen) atoms. The maximum absolute atomic E-state index is 10.2. The van der Waals surface area contributed by atoms with E-state index < -0.39 is 18.3 Å². The number of H-pyrrole nitrogens is 1. The fourth-order valence-corrected chi connectivity index (χ4v) is 1.99. The first-order valence-electron chi connectivity index (χ1n) is 6.47. The van der Waals surface area contributed by atoms with E-state index in [0.717, 1.165) is 10.9 Å². The van der Waals surface area contributed by atoms with E-state index in [-0.39, 0.29) is 0 Å². The Labute approximate surface area is 123 Å². The van der Waals surface area contributed by atoms with Gasteiger partial charge in [-0.2, -0.15) is 0 Å². The van der Waals surface area contributed by atoms with Gasteiger partial charge in [-0.25, -0.2) is 0 Å². The van der Waals surface area contributed by atoms with Crippen LogP contribution in [0.1, 0.15) is 27.7 Å². The summed E-state index contributed by atoms with van der Waals surface area (Å²) < 4.78 is 5.59. The van der Waals surface area contributed by atoms with E-state index in [2.05, 4.69) is 4.98 Å². The third kappa shape index (κ3) is 2.86. The molecule has 2 rings (SSSR count). The lowest BCUT2D eigenvalue weighted by Gasteiger charge is -2.38. The van der Waals surface area contributed by atoms with E-state index in [9.17, 15) is 10.1 Å². The van der Waals surface area contributed by atoms with Crippen LogP contribution < -0.4 is 5.59 Å². The molecule has 0 amide bonds. The van der Waals surface area contributed by atoms with E-state index in [1.165, 1.54) is 0 Å². The molecule has 0 aliphatic rings. The van der Waals surface area contributed by atoms with Crippen molar-refractivity contribution in [3.8, 4) is 0 Å². The second-order valence-electron chi connectivity index (χ2n) is 5.97. The van der Waals surface area contributed by atoms with Gasteiger partial charge in [0, 0.05) is 11.0 Å². The Morgan fingerprint density at radius 3 is 2.45 bits per heavy atom. The standard InChI is InChI=1S/C14H19BClNO3/c1-13(2,18)14(3,4)20-15(19)11-8-9-6-5-7-10(16)12(9)17-11/h5-8,17-19H,1-4H3. The molecular weight excluding hydrogens is 276 g/mol. The Morgan fingerprint density at radius 2 is 1.90 bits per heavy atom. The largest absolute Gasteiger partial charge is 0.508 e. The van der Waals surface area contributed by atoms with Gasteiger partial charge in [0.25, 0.3) is 0 Å². The predicted molar refractivity (Wildman–Crippen MR) is 82.4 cm³/mol. The second-order valence-corrected chi connectivity index (χ2v) is 6.38. The van der Waals surface area contributed by atoms with Crippen molar-refractivity contribution >= 4 is 35.2 Å². The highest BCUT2D eigenvalue weighted by Gasteiger charge is 2.39. The first kappa shape index (κ1) is 15.4. The van der Waals surface area contributed by atoms with Crippen molar-refractivity contribution in [1.29, 1.82) is 0 Å². The molecule has 1 heterocycles. The van der Waals surface area contributed by atoms with Gasteiger partial charge in [-0.1, -0.05) is 23.7 Å². The Hall–Kier alpha value is -1.01. The van der Waals surface area contributed by atoms with E-state index >= 15 is 0 Å². The van der Waals surface area contributed by atoms with Gasteiger partial charge in [-0.15, -0.1) is 0 Å². The zero-order chi connectivity index (χ0) is 15.1. The van der Waals surface area contributed by atoms with Crippen molar-refractivity contribution in [2.45, 2.75) is 38.9 Å². The smallest absolute Gasteiger partial charge is 0.422 e. The van der Waals surface area contributed by atoms with Gasteiger partial charge in [0.15, 0.2) is 0 Å². The van der Waals surface area contributed by atoms with Crippen molar-refractivity contribution in [3.63, 3.8) is 0 Å². The molecule has 0 atom stereocenters. The number of halogens is 1. The predicted octanol–water partition coefficient (Wildman–Crippen LogP) is 2.07. The molecule has 0 aliphatic carbocycles. The first-order chi connectivity index (χ1) is 9.12.